The number of rotatable bonds is 5. The predicted molar refractivity (Wildman–Crippen MR) is 103 cm³/mol. The summed E-state index contributed by atoms with van der Waals surface area (Å²) in [5.41, 5.74) is 3.09. The highest BCUT2D eigenvalue weighted by atomic mass is 16.5. The molecule has 0 aromatic heterocycles. The van der Waals surface area contributed by atoms with E-state index in [4.69, 9.17) is 5.11 Å². The number of carbonyl (C=O) groups excluding carboxylic acids is 1. The first-order valence-corrected chi connectivity index (χ1v) is 8.90. The number of esters is 1. The van der Waals surface area contributed by atoms with Gasteiger partial charge in [-0.05, 0) is 60.1 Å². The molecule has 0 heterocycles. The lowest BCUT2D eigenvalue weighted by Gasteiger charge is -2.08. The summed E-state index contributed by atoms with van der Waals surface area (Å²) in [6, 6.07) is 15.1. The molecule has 0 spiro atoms. The molecule has 3 heteroatoms. The summed E-state index contributed by atoms with van der Waals surface area (Å²) < 4.78 is 4.62. The smallest absolute Gasteiger partial charge is 0.337 e. The molecular formula is C22H30O3. The van der Waals surface area contributed by atoms with E-state index in [1.165, 1.54) is 18.2 Å². The van der Waals surface area contributed by atoms with E-state index in [2.05, 4.69) is 32.4 Å². The van der Waals surface area contributed by atoms with Crippen LogP contribution in [0.4, 0.5) is 0 Å². The molecule has 0 saturated carbocycles. The fourth-order valence-electron chi connectivity index (χ4n) is 2.37. The van der Waals surface area contributed by atoms with Gasteiger partial charge in [0, 0.05) is 0 Å². The minimum Gasteiger partial charge on any atom is -0.508 e. The predicted octanol–water partition coefficient (Wildman–Crippen LogP) is 5.89. The van der Waals surface area contributed by atoms with E-state index in [-0.39, 0.29) is 5.97 Å². The average Bonchev–Trinajstić information content (AvgIpc) is 2.66. The highest BCUT2D eigenvalue weighted by Gasteiger charge is 2.06. The van der Waals surface area contributed by atoms with Crippen molar-refractivity contribution in [3.8, 4) is 5.75 Å². The van der Waals surface area contributed by atoms with Crippen LogP contribution in [0.25, 0.3) is 0 Å². The van der Waals surface area contributed by atoms with Crippen LogP contribution in [0.3, 0.4) is 0 Å². The molecule has 136 valence electrons. The highest BCUT2D eigenvalue weighted by molar-refractivity contribution is 5.89. The molecule has 3 nitrogen and oxygen atoms in total. The number of ether oxygens (including phenoxy) is 1. The molecule has 2 unspecified atom stereocenters. The van der Waals surface area contributed by atoms with Crippen LogP contribution in [0.2, 0.25) is 0 Å². The largest absolute Gasteiger partial charge is 0.508 e. The van der Waals surface area contributed by atoms with Gasteiger partial charge in [-0.25, -0.2) is 4.79 Å². The van der Waals surface area contributed by atoms with E-state index in [1.54, 1.807) is 6.07 Å². The van der Waals surface area contributed by atoms with Crippen molar-refractivity contribution in [1.29, 1.82) is 0 Å². The van der Waals surface area contributed by atoms with Crippen LogP contribution in [0, 0.1) is 0 Å². The quantitative estimate of drug-likeness (QED) is 0.689. The number of hydrogen-bond acceptors (Lipinski definition) is 3. The van der Waals surface area contributed by atoms with Crippen LogP contribution in [-0.2, 0) is 4.74 Å². The highest BCUT2D eigenvalue weighted by Crippen LogP contribution is 2.21. The molecule has 0 aliphatic rings. The lowest BCUT2D eigenvalue weighted by molar-refractivity contribution is 0.0600. The molecule has 2 aromatic carbocycles. The lowest BCUT2D eigenvalue weighted by atomic mass is 9.98. The maximum Gasteiger partial charge on any atom is 0.337 e. The summed E-state index contributed by atoms with van der Waals surface area (Å²) in [6.45, 7) is 8.63. The van der Waals surface area contributed by atoms with Crippen molar-refractivity contribution in [3.63, 3.8) is 0 Å². The van der Waals surface area contributed by atoms with Crippen molar-refractivity contribution in [2.24, 2.45) is 0 Å². The van der Waals surface area contributed by atoms with Gasteiger partial charge in [-0.1, -0.05) is 52.0 Å². The van der Waals surface area contributed by atoms with E-state index in [0.29, 0.717) is 23.1 Å². The van der Waals surface area contributed by atoms with Crippen LogP contribution < -0.4 is 0 Å². The molecule has 0 aliphatic heterocycles. The third-order valence-electron chi connectivity index (χ3n) is 4.56. The van der Waals surface area contributed by atoms with Gasteiger partial charge in [0.25, 0.3) is 0 Å². The van der Waals surface area contributed by atoms with Crippen LogP contribution in [0.5, 0.6) is 5.75 Å². The molecule has 1 N–H and O–H groups in total. The SMILES string of the molecule is CCC(C)c1ccc(C(=O)OC)cc1.CCC(C)c1cccc(O)c1. The zero-order valence-corrected chi connectivity index (χ0v) is 16.0. The van der Waals surface area contributed by atoms with Gasteiger partial charge in [0.15, 0.2) is 0 Å². The van der Waals surface area contributed by atoms with E-state index >= 15 is 0 Å². The molecule has 2 atom stereocenters. The molecule has 2 aromatic rings. The number of phenolic OH excluding ortho intramolecular Hbond substituents is 1. The van der Waals surface area contributed by atoms with Crippen molar-refractivity contribution in [1.82, 2.24) is 0 Å². The van der Waals surface area contributed by atoms with Crippen molar-refractivity contribution in [2.75, 3.05) is 7.11 Å². The minimum absolute atomic E-state index is 0.277. The first-order chi connectivity index (χ1) is 11.9. The number of aromatic hydroxyl groups is 1. The zero-order chi connectivity index (χ0) is 18.8. The molecular weight excluding hydrogens is 312 g/mol. The number of hydrogen-bond donors (Lipinski definition) is 1. The molecule has 0 bridgehead atoms. The molecule has 0 aliphatic carbocycles. The van der Waals surface area contributed by atoms with Crippen molar-refractivity contribution in [2.45, 2.75) is 52.4 Å². The number of benzene rings is 2. The summed E-state index contributed by atoms with van der Waals surface area (Å²) in [6.07, 6.45) is 2.22. The van der Waals surface area contributed by atoms with Crippen LogP contribution in [0.15, 0.2) is 48.5 Å². The Balaban J connectivity index is 0.000000257. The summed E-state index contributed by atoms with van der Waals surface area (Å²) in [5.74, 6) is 1.17. The second kappa shape index (κ2) is 10.5. The van der Waals surface area contributed by atoms with Gasteiger partial charge >= 0.3 is 5.97 Å². The van der Waals surface area contributed by atoms with Crippen molar-refractivity contribution >= 4 is 5.97 Å². The Morgan fingerprint density at radius 1 is 0.960 bits per heavy atom. The van der Waals surface area contributed by atoms with Gasteiger partial charge in [0.2, 0.25) is 0 Å². The lowest BCUT2D eigenvalue weighted by Crippen LogP contribution is -2.01. The normalized spacial score (nSPS) is 12.5. The van der Waals surface area contributed by atoms with Gasteiger partial charge < -0.3 is 9.84 Å². The first kappa shape index (κ1) is 20.8. The van der Waals surface area contributed by atoms with Gasteiger partial charge in [0.1, 0.15) is 5.75 Å². The zero-order valence-electron chi connectivity index (χ0n) is 16.0. The Morgan fingerprint density at radius 2 is 1.52 bits per heavy atom. The van der Waals surface area contributed by atoms with Crippen LogP contribution >= 0.6 is 0 Å². The van der Waals surface area contributed by atoms with Gasteiger partial charge in [-0.3, -0.25) is 0 Å². The Bertz CT molecular complexity index is 647. The third kappa shape index (κ3) is 6.61. The Morgan fingerprint density at radius 3 is 2.00 bits per heavy atom. The Labute approximate surface area is 151 Å². The molecule has 0 fully saturated rings. The Kier molecular flexibility index (Phi) is 8.76. The van der Waals surface area contributed by atoms with E-state index in [1.807, 2.05) is 42.5 Å². The molecule has 0 amide bonds. The molecule has 0 radical (unpaired) electrons. The maximum absolute atomic E-state index is 11.1. The minimum atomic E-state index is -0.277. The van der Waals surface area contributed by atoms with Crippen molar-refractivity contribution in [3.05, 3.63) is 65.2 Å². The monoisotopic (exact) mass is 342 g/mol. The summed E-state index contributed by atoms with van der Waals surface area (Å²) >= 11 is 0. The van der Waals surface area contributed by atoms with Crippen LogP contribution in [-0.4, -0.2) is 18.2 Å². The van der Waals surface area contributed by atoms with Gasteiger partial charge in [0.05, 0.1) is 12.7 Å². The number of phenols is 1. The second-order valence-corrected chi connectivity index (χ2v) is 6.33. The summed E-state index contributed by atoms with van der Waals surface area (Å²) in [4.78, 5) is 11.1. The van der Waals surface area contributed by atoms with Gasteiger partial charge in [-0.15, -0.1) is 0 Å². The maximum atomic E-state index is 11.1. The molecule has 2 rings (SSSR count). The average molecular weight is 342 g/mol. The fraction of sp³-hybridized carbons (Fsp3) is 0.409. The standard InChI is InChI=1S/C12H16O2.C10H14O/c1-4-9(2)10-5-7-11(8-6-10)12(13)14-3;1-3-8(2)9-5-4-6-10(11)7-9/h5-9H,4H2,1-3H3;4-8,11H,3H2,1-2H3. The summed E-state index contributed by atoms with van der Waals surface area (Å²) in [7, 11) is 1.39. The van der Waals surface area contributed by atoms with Crippen molar-refractivity contribution < 1.29 is 14.6 Å². The van der Waals surface area contributed by atoms with E-state index < -0.39 is 0 Å². The van der Waals surface area contributed by atoms with Gasteiger partial charge in [-0.2, -0.15) is 0 Å². The molecule has 25 heavy (non-hydrogen) atoms. The number of carbonyl (C=O) groups is 1. The van der Waals surface area contributed by atoms with Crippen LogP contribution in [0.1, 0.15) is 73.9 Å². The Hall–Kier alpha value is -2.29. The summed E-state index contributed by atoms with van der Waals surface area (Å²) in [5, 5.41) is 9.16. The fourth-order valence-corrected chi connectivity index (χ4v) is 2.37. The topological polar surface area (TPSA) is 46.5 Å². The second-order valence-electron chi connectivity index (χ2n) is 6.33. The number of methoxy groups -OCH3 is 1. The van der Waals surface area contributed by atoms with E-state index in [9.17, 15) is 4.79 Å². The first-order valence-electron chi connectivity index (χ1n) is 8.90. The third-order valence-corrected chi connectivity index (χ3v) is 4.56. The van der Waals surface area contributed by atoms with E-state index in [0.717, 1.165) is 12.8 Å². The molecule has 0 saturated heterocycles.